The third-order valence-electron chi connectivity index (χ3n) is 3.94. The molecule has 4 nitrogen and oxygen atoms in total. The summed E-state index contributed by atoms with van der Waals surface area (Å²) < 4.78 is 38.3. The molecule has 1 aliphatic rings. The summed E-state index contributed by atoms with van der Waals surface area (Å²) in [6.07, 6.45) is 0.112. The van der Waals surface area contributed by atoms with E-state index in [1.54, 1.807) is 20.8 Å². The van der Waals surface area contributed by atoms with Crippen molar-refractivity contribution in [2.45, 2.75) is 64.2 Å². The van der Waals surface area contributed by atoms with Gasteiger partial charge in [-0.1, -0.05) is 30.3 Å². The molecule has 1 heterocycles. The molecule has 0 aromatic heterocycles. The lowest BCUT2D eigenvalue weighted by molar-refractivity contribution is -0.00253. The van der Waals surface area contributed by atoms with Crippen molar-refractivity contribution in [3.63, 3.8) is 0 Å². The van der Waals surface area contributed by atoms with E-state index in [1.807, 2.05) is 30.3 Å². The van der Waals surface area contributed by atoms with Crippen LogP contribution in [0.25, 0.3) is 0 Å². The highest BCUT2D eigenvalue weighted by Crippen LogP contribution is 2.35. The summed E-state index contributed by atoms with van der Waals surface area (Å²) in [4.78, 5) is 13.3. The number of likely N-dealkylation sites (tertiary alicyclic amines) is 1. The van der Waals surface area contributed by atoms with Crippen LogP contribution in [0.15, 0.2) is 30.3 Å². The van der Waals surface area contributed by atoms with Crippen LogP contribution in [0.3, 0.4) is 0 Å². The Labute approximate surface area is 148 Å². The topological polar surface area (TPSA) is 38.8 Å². The molecule has 0 N–H and O–H groups in total. The van der Waals surface area contributed by atoms with Crippen molar-refractivity contribution in [1.82, 2.24) is 4.90 Å². The molecule has 0 saturated carbocycles. The van der Waals surface area contributed by atoms with Crippen LogP contribution in [0, 0.1) is 0 Å². The molecule has 1 atom stereocenters. The highest BCUT2D eigenvalue weighted by Gasteiger charge is 2.47. The highest BCUT2D eigenvalue weighted by atomic mass is 19.3. The smallest absolute Gasteiger partial charge is 0.410 e. The first-order valence-electron chi connectivity index (χ1n) is 8.65. The van der Waals surface area contributed by atoms with Crippen LogP contribution < -0.4 is 0 Å². The zero-order valence-electron chi connectivity index (χ0n) is 15.1. The number of carbonyl (C=O) groups excluding carboxylic acids is 1. The van der Waals surface area contributed by atoms with Crippen LogP contribution in [-0.2, 0) is 16.1 Å². The lowest BCUT2D eigenvalue weighted by Crippen LogP contribution is -2.40. The van der Waals surface area contributed by atoms with Gasteiger partial charge in [-0.25, -0.2) is 13.6 Å². The second kappa shape index (κ2) is 8.13. The van der Waals surface area contributed by atoms with E-state index >= 15 is 0 Å². The van der Waals surface area contributed by atoms with Gasteiger partial charge in [0.2, 0.25) is 0 Å². The van der Waals surface area contributed by atoms with Gasteiger partial charge in [0.15, 0.2) is 0 Å². The van der Waals surface area contributed by atoms with Crippen molar-refractivity contribution >= 4 is 6.09 Å². The molecule has 1 fully saturated rings. The number of halogens is 2. The molecule has 6 heteroatoms. The maximum absolute atomic E-state index is 13.8. The Morgan fingerprint density at radius 2 is 1.96 bits per heavy atom. The summed E-state index contributed by atoms with van der Waals surface area (Å²) >= 11 is 0. The quantitative estimate of drug-likeness (QED) is 0.699. The zero-order valence-corrected chi connectivity index (χ0v) is 15.1. The Hall–Kier alpha value is -1.69. The molecule has 25 heavy (non-hydrogen) atoms. The average molecular weight is 355 g/mol. The number of hydrogen-bond donors (Lipinski definition) is 0. The molecule has 0 spiro atoms. The van der Waals surface area contributed by atoms with E-state index < -0.39 is 30.2 Å². The molecule has 1 aliphatic heterocycles. The standard InChI is InChI=1S/C19H27F2NO3/c1-18(2,3)25-17(23)22-14-19(20,21)12-16(22)10-7-11-24-13-15-8-5-4-6-9-15/h4-6,8-9,16H,7,10-14H2,1-3H3. The fraction of sp³-hybridized carbons (Fsp3) is 0.632. The average Bonchev–Trinajstić information content (AvgIpc) is 2.81. The monoisotopic (exact) mass is 355 g/mol. The third kappa shape index (κ3) is 6.61. The largest absolute Gasteiger partial charge is 0.444 e. The van der Waals surface area contributed by atoms with Crippen LogP contribution in [0.1, 0.15) is 45.6 Å². The van der Waals surface area contributed by atoms with Crippen molar-refractivity contribution in [1.29, 1.82) is 0 Å². The van der Waals surface area contributed by atoms with Gasteiger partial charge in [0.25, 0.3) is 5.92 Å². The fourth-order valence-electron chi connectivity index (χ4n) is 2.88. The number of hydrogen-bond acceptors (Lipinski definition) is 3. The highest BCUT2D eigenvalue weighted by molar-refractivity contribution is 5.69. The number of carbonyl (C=O) groups is 1. The van der Waals surface area contributed by atoms with Gasteiger partial charge in [0.05, 0.1) is 13.2 Å². The Morgan fingerprint density at radius 3 is 2.60 bits per heavy atom. The molecule has 0 bridgehead atoms. The molecular formula is C19H27F2NO3. The van der Waals surface area contributed by atoms with Gasteiger partial charge in [-0.15, -0.1) is 0 Å². The Balaban J connectivity index is 1.78. The second-order valence-electron chi connectivity index (χ2n) is 7.50. The summed E-state index contributed by atoms with van der Waals surface area (Å²) in [5.41, 5.74) is 0.378. The Kier molecular flexibility index (Phi) is 6.38. The van der Waals surface area contributed by atoms with Crippen molar-refractivity contribution in [2.24, 2.45) is 0 Å². The number of alkyl halides is 2. The lowest BCUT2D eigenvalue weighted by atomic mass is 10.1. The predicted molar refractivity (Wildman–Crippen MR) is 91.6 cm³/mol. The Bertz CT molecular complexity index is 558. The van der Waals surface area contributed by atoms with Crippen molar-refractivity contribution in [3.05, 3.63) is 35.9 Å². The van der Waals surface area contributed by atoms with E-state index in [0.29, 0.717) is 26.1 Å². The predicted octanol–water partition coefficient (Wildman–Crippen LogP) is 4.63. The summed E-state index contributed by atoms with van der Waals surface area (Å²) in [5.74, 6) is -2.85. The van der Waals surface area contributed by atoms with E-state index in [0.717, 1.165) is 5.56 Å². The molecule has 1 saturated heterocycles. The van der Waals surface area contributed by atoms with E-state index in [9.17, 15) is 13.6 Å². The Morgan fingerprint density at radius 1 is 1.28 bits per heavy atom. The summed E-state index contributed by atoms with van der Waals surface area (Å²) in [6, 6.07) is 9.26. The van der Waals surface area contributed by atoms with Gasteiger partial charge >= 0.3 is 6.09 Å². The van der Waals surface area contributed by atoms with Gasteiger partial charge in [-0.2, -0.15) is 0 Å². The number of ether oxygens (including phenoxy) is 2. The van der Waals surface area contributed by atoms with Crippen molar-refractivity contribution < 1.29 is 23.0 Å². The number of nitrogens with zero attached hydrogens (tertiary/aromatic N) is 1. The van der Waals surface area contributed by atoms with Gasteiger partial charge in [0.1, 0.15) is 5.60 Å². The molecule has 1 unspecified atom stereocenters. The van der Waals surface area contributed by atoms with E-state index in [2.05, 4.69) is 0 Å². The van der Waals surface area contributed by atoms with Crippen LogP contribution in [0.4, 0.5) is 13.6 Å². The normalized spacial score (nSPS) is 19.9. The third-order valence-corrected chi connectivity index (χ3v) is 3.94. The van der Waals surface area contributed by atoms with Crippen LogP contribution in [0.5, 0.6) is 0 Å². The van der Waals surface area contributed by atoms with Crippen molar-refractivity contribution in [3.8, 4) is 0 Å². The minimum atomic E-state index is -2.85. The summed E-state index contributed by atoms with van der Waals surface area (Å²) in [6.45, 7) is 5.58. The lowest BCUT2D eigenvalue weighted by Gasteiger charge is -2.28. The molecule has 2 rings (SSSR count). The molecule has 1 aromatic carbocycles. The first-order valence-corrected chi connectivity index (χ1v) is 8.65. The SMILES string of the molecule is CC(C)(C)OC(=O)N1CC(F)(F)CC1CCCOCc1ccccc1. The number of amides is 1. The fourth-order valence-corrected chi connectivity index (χ4v) is 2.88. The van der Waals surface area contributed by atoms with Gasteiger partial charge in [0, 0.05) is 19.1 Å². The van der Waals surface area contributed by atoms with Crippen LogP contribution in [0.2, 0.25) is 0 Å². The van der Waals surface area contributed by atoms with E-state index in [1.165, 1.54) is 4.90 Å². The summed E-state index contributed by atoms with van der Waals surface area (Å²) in [5, 5.41) is 0. The minimum Gasteiger partial charge on any atom is -0.444 e. The summed E-state index contributed by atoms with van der Waals surface area (Å²) in [7, 11) is 0. The second-order valence-corrected chi connectivity index (χ2v) is 7.50. The molecule has 140 valence electrons. The van der Waals surface area contributed by atoms with E-state index in [4.69, 9.17) is 9.47 Å². The van der Waals surface area contributed by atoms with Crippen LogP contribution in [-0.4, -0.2) is 41.7 Å². The first-order chi connectivity index (χ1) is 11.7. The molecule has 1 amide bonds. The van der Waals surface area contributed by atoms with Gasteiger partial charge in [-0.3, -0.25) is 4.90 Å². The molecule has 0 radical (unpaired) electrons. The number of benzene rings is 1. The minimum absolute atomic E-state index is 0.315. The van der Waals surface area contributed by atoms with Crippen LogP contribution >= 0.6 is 0 Å². The van der Waals surface area contributed by atoms with E-state index in [-0.39, 0.29) is 6.42 Å². The van der Waals surface area contributed by atoms with Gasteiger partial charge < -0.3 is 9.47 Å². The van der Waals surface area contributed by atoms with Crippen molar-refractivity contribution in [2.75, 3.05) is 13.2 Å². The maximum atomic E-state index is 13.8. The molecule has 0 aliphatic carbocycles. The molecule has 1 aromatic rings. The maximum Gasteiger partial charge on any atom is 0.410 e. The molecular weight excluding hydrogens is 328 g/mol. The first kappa shape index (κ1) is 19.6. The number of rotatable bonds is 6. The zero-order chi connectivity index (χ0) is 18.5. The van der Waals surface area contributed by atoms with Gasteiger partial charge in [-0.05, 0) is 39.2 Å².